The first-order chi connectivity index (χ1) is 4.65. The molecule has 0 aromatic rings. The molecule has 0 atom stereocenters. The fourth-order valence-electron chi connectivity index (χ4n) is 0.182. The van der Waals surface area contributed by atoms with Crippen molar-refractivity contribution in [3.8, 4) is 0 Å². The third-order valence-electron chi connectivity index (χ3n) is 0.482. The zero-order valence-corrected chi connectivity index (χ0v) is 10.0. The first kappa shape index (κ1) is 12.9. The van der Waals surface area contributed by atoms with Gasteiger partial charge < -0.3 is 0 Å². The Morgan fingerprint density at radius 2 is 1.64 bits per heavy atom. The molecule has 0 aromatic heterocycles. The van der Waals surface area contributed by atoms with Crippen LogP contribution in [0.5, 0.6) is 0 Å². The maximum Gasteiger partial charge on any atom is 0.382 e. The van der Waals surface area contributed by atoms with Crippen molar-refractivity contribution in [2.75, 3.05) is 0 Å². The van der Waals surface area contributed by atoms with Crippen molar-refractivity contribution in [1.29, 1.82) is 0 Å². The zero-order chi connectivity index (χ0) is 9.28. The molecule has 0 aliphatic rings. The van der Waals surface area contributed by atoms with Crippen molar-refractivity contribution in [3.63, 3.8) is 0 Å². The summed E-state index contributed by atoms with van der Waals surface area (Å²) >= 11 is 31.0. The summed E-state index contributed by atoms with van der Waals surface area (Å²) in [6, 6.07) is 0. The predicted octanol–water partition coefficient (Wildman–Crippen LogP) is 4.52. The summed E-state index contributed by atoms with van der Waals surface area (Å²) in [5, 5.41) is 0. The van der Waals surface area contributed by atoms with Crippen LogP contribution in [0.4, 0.5) is 0 Å². The molecule has 68 valence electrons. The number of alkyl halides is 4. The van der Waals surface area contributed by atoms with Crippen LogP contribution in [0.3, 0.4) is 0 Å². The minimum atomic E-state index is -3.83. The van der Waals surface area contributed by atoms with Crippen LogP contribution in [0.2, 0.25) is 0 Å². The molecule has 11 heavy (non-hydrogen) atoms. The van der Waals surface area contributed by atoms with E-state index >= 15 is 0 Å². The summed E-state index contributed by atoms with van der Waals surface area (Å²) < 4.78 is 12.7. The standard InChI is InChI=1S/C2HCl6O2P/c3-1(4)2(5,6)10-11(7,8)9/h1H. The van der Waals surface area contributed by atoms with Crippen molar-refractivity contribution < 1.29 is 9.09 Å². The lowest BCUT2D eigenvalue weighted by Crippen LogP contribution is -2.23. The average molecular weight is 301 g/mol. The molecule has 0 saturated carbocycles. The third kappa shape index (κ3) is 6.06. The van der Waals surface area contributed by atoms with Gasteiger partial charge in [-0.15, -0.1) is 0 Å². The second kappa shape index (κ2) is 4.43. The Hall–Kier alpha value is 1.93. The van der Waals surface area contributed by atoms with Crippen LogP contribution in [0.25, 0.3) is 0 Å². The smallest absolute Gasteiger partial charge is 0.266 e. The highest BCUT2D eigenvalue weighted by molar-refractivity contribution is 8.05. The maximum atomic E-state index is 10.6. The molecular weight excluding hydrogens is 300 g/mol. The van der Waals surface area contributed by atoms with E-state index in [9.17, 15) is 4.57 Å². The van der Waals surface area contributed by atoms with Crippen LogP contribution in [-0.2, 0) is 9.09 Å². The van der Waals surface area contributed by atoms with Gasteiger partial charge in [-0.1, -0.05) is 46.4 Å². The van der Waals surface area contributed by atoms with Crippen molar-refractivity contribution >= 4 is 75.0 Å². The summed E-state index contributed by atoms with van der Waals surface area (Å²) in [6.07, 6.45) is -3.83. The summed E-state index contributed by atoms with van der Waals surface area (Å²) in [7, 11) is 0. The van der Waals surface area contributed by atoms with Gasteiger partial charge >= 0.3 is 6.07 Å². The summed E-state index contributed by atoms with van der Waals surface area (Å²) in [6.45, 7) is 0. The molecule has 0 saturated heterocycles. The predicted molar refractivity (Wildman–Crippen MR) is 50.3 cm³/mol. The minimum absolute atomic E-state index is 1.31. The molecule has 0 spiro atoms. The summed E-state index contributed by atoms with van der Waals surface area (Å²) in [5.41, 5.74) is 0. The van der Waals surface area contributed by atoms with Crippen molar-refractivity contribution in [2.45, 2.75) is 9.36 Å². The lowest BCUT2D eigenvalue weighted by Gasteiger charge is -2.20. The second-order valence-electron chi connectivity index (χ2n) is 1.37. The van der Waals surface area contributed by atoms with Gasteiger partial charge in [-0.2, -0.15) is 0 Å². The Morgan fingerprint density at radius 1 is 1.27 bits per heavy atom. The number of halogens is 6. The maximum absolute atomic E-state index is 10.6. The number of hydrogen-bond acceptors (Lipinski definition) is 2. The van der Waals surface area contributed by atoms with E-state index < -0.39 is 15.4 Å². The van der Waals surface area contributed by atoms with E-state index in [1.807, 2.05) is 0 Å². The van der Waals surface area contributed by atoms with E-state index in [4.69, 9.17) is 68.9 Å². The molecule has 0 aliphatic carbocycles. The van der Waals surface area contributed by atoms with Gasteiger partial charge in [0.2, 0.25) is 0 Å². The molecule has 9 heteroatoms. The lowest BCUT2D eigenvalue weighted by atomic mass is 10.8. The van der Waals surface area contributed by atoms with Crippen LogP contribution in [0.15, 0.2) is 0 Å². The zero-order valence-electron chi connectivity index (χ0n) is 4.61. The monoisotopic (exact) mass is 298 g/mol. The third-order valence-corrected chi connectivity index (χ3v) is 3.26. The van der Waals surface area contributed by atoms with E-state index in [1.165, 1.54) is 0 Å². The molecule has 0 N–H and O–H groups in total. The van der Waals surface area contributed by atoms with Gasteiger partial charge in [0.05, 0.1) is 0 Å². The Balaban J connectivity index is 4.25. The van der Waals surface area contributed by atoms with Gasteiger partial charge in [0.25, 0.3) is 4.52 Å². The average Bonchev–Trinajstić information content (AvgIpc) is 1.56. The molecule has 2 nitrogen and oxygen atoms in total. The Labute approximate surface area is 93.0 Å². The van der Waals surface area contributed by atoms with Crippen LogP contribution < -0.4 is 0 Å². The molecule has 0 aliphatic heterocycles. The van der Waals surface area contributed by atoms with Crippen molar-refractivity contribution in [1.82, 2.24) is 0 Å². The molecule has 0 bridgehead atoms. The van der Waals surface area contributed by atoms with E-state index in [0.29, 0.717) is 0 Å². The highest BCUT2D eigenvalue weighted by atomic mass is 35.9. The topological polar surface area (TPSA) is 26.3 Å². The molecule has 0 unspecified atom stereocenters. The minimum Gasteiger partial charge on any atom is -0.266 e. The van der Waals surface area contributed by atoms with Crippen molar-refractivity contribution in [2.24, 2.45) is 0 Å². The quantitative estimate of drug-likeness (QED) is 0.565. The first-order valence-electron chi connectivity index (χ1n) is 2.01. The number of hydrogen-bond donors (Lipinski definition) is 0. The number of rotatable bonds is 3. The fraction of sp³-hybridized carbons (Fsp3) is 1.00. The molecule has 0 amide bonds. The Bertz CT molecular complexity index is 173. The van der Waals surface area contributed by atoms with Gasteiger partial charge in [-0.25, -0.2) is 0 Å². The van der Waals surface area contributed by atoms with Gasteiger partial charge in [0, 0.05) is 0 Å². The van der Waals surface area contributed by atoms with Crippen LogP contribution >= 0.6 is 75.0 Å². The summed E-state index contributed by atoms with van der Waals surface area (Å²) in [5.74, 6) is 0. The first-order valence-corrected chi connectivity index (χ1v) is 7.07. The van der Waals surface area contributed by atoms with Gasteiger partial charge in [0.15, 0.2) is 4.84 Å². The van der Waals surface area contributed by atoms with Gasteiger partial charge in [-0.05, 0) is 22.5 Å². The lowest BCUT2D eigenvalue weighted by molar-refractivity contribution is 0.274. The van der Waals surface area contributed by atoms with Gasteiger partial charge in [0.1, 0.15) is 0 Å². The van der Waals surface area contributed by atoms with Gasteiger partial charge in [-0.3, -0.25) is 9.09 Å². The Kier molecular flexibility index (Phi) is 5.21. The highest BCUT2D eigenvalue weighted by Gasteiger charge is 2.39. The normalized spacial score (nSPS) is 14.1. The van der Waals surface area contributed by atoms with E-state index in [-0.39, 0.29) is 0 Å². The molecular formula is C2HCl6O2P. The summed E-state index contributed by atoms with van der Waals surface area (Å²) in [4.78, 5) is -1.31. The molecule has 0 rings (SSSR count). The van der Waals surface area contributed by atoms with Crippen LogP contribution in [0.1, 0.15) is 0 Å². The van der Waals surface area contributed by atoms with Crippen molar-refractivity contribution in [3.05, 3.63) is 0 Å². The molecule has 0 heterocycles. The van der Waals surface area contributed by atoms with E-state index in [1.54, 1.807) is 0 Å². The highest BCUT2D eigenvalue weighted by Crippen LogP contribution is 2.62. The van der Waals surface area contributed by atoms with Crippen LogP contribution in [-0.4, -0.2) is 9.36 Å². The largest absolute Gasteiger partial charge is 0.382 e. The molecule has 0 fully saturated rings. The fourth-order valence-corrected chi connectivity index (χ4v) is 2.44. The van der Waals surface area contributed by atoms with Crippen LogP contribution in [0, 0.1) is 0 Å². The molecule has 0 radical (unpaired) electrons. The Morgan fingerprint density at radius 3 is 1.73 bits per heavy atom. The molecule has 0 aromatic carbocycles. The van der Waals surface area contributed by atoms with E-state index in [2.05, 4.69) is 4.52 Å². The second-order valence-corrected chi connectivity index (χ2v) is 7.98. The van der Waals surface area contributed by atoms with E-state index in [0.717, 1.165) is 0 Å². The SMILES string of the molecule is O=P(Cl)(Cl)OC(Cl)(Cl)C(Cl)Cl.